The lowest BCUT2D eigenvalue weighted by Gasteiger charge is -2.22. The topological polar surface area (TPSA) is 54.7 Å². The van der Waals surface area contributed by atoms with Gasteiger partial charge in [0.1, 0.15) is 17.1 Å². The highest BCUT2D eigenvalue weighted by Crippen LogP contribution is 2.26. The van der Waals surface area contributed by atoms with Gasteiger partial charge < -0.3 is 14.5 Å². The van der Waals surface area contributed by atoms with Gasteiger partial charge in [-0.3, -0.25) is 9.69 Å². The van der Waals surface area contributed by atoms with Crippen molar-refractivity contribution in [2.24, 2.45) is 0 Å². The predicted molar refractivity (Wildman–Crippen MR) is 98.9 cm³/mol. The van der Waals surface area contributed by atoms with E-state index in [0.717, 1.165) is 16.7 Å². The second kappa shape index (κ2) is 7.40. The van der Waals surface area contributed by atoms with Crippen molar-refractivity contribution < 1.29 is 13.9 Å². The highest BCUT2D eigenvalue weighted by molar-refractivity contribution is 5.92. The van der Waals surface area contributed by atoms with Gasteiger partial charge in [-0.15, -0.1) is 0 Å². The summed E-state index contributed by atoms with van der Waals surface area (Å²) in [6.45, 7) is 2.28. The molecule has 1 atom stereocenters. The summed E-state index contributed by atoms with van der Waals surface area (Å²) in [6, 6.07) is 17.2. The second-order valence-electron chi connectivity index (χ2n) is 6.06. The number of hydrogen-bond acceptors (Lipinski definition) is 4. The van der Waals surface area contributed by atoms with E-state index in [1.54, 1.807) is 13.2 Å². The summed E-state index contributed by atoms with van der Waals surface area (Å²) in [5, 5.41) is 3.96. The summed E-state index contributed by atoms with van der Waals surface area (Å²) in [7, 11) is 3.51. The number of furan rings is 1. The Hall–Kier alpha value is -2.79. The van der Waals surface area contributed by atoms with E-state index >= 15 is 0 Å². The lowest BCUT2D eigenvalue weighted by molar-refractivity contribution is -0.117. The van der Waals surface area contributed by atoms with Crippen molar-refractivity contribution in [2.45, 2.75) is 13.0 Å². The number of methoxy groups -OCH3 is 1. The fraction of sp³-hybridized carbons (Fsp3) is 0.250. The molecule has 3 aromatic rings. The van der Waals surface area contributed by atoms with Crippen LogP contribution >= 0.6 is 0 Å². The van der Waals surface area contributed by atoms with Gasteiger partial charge in [0.05, 0.1) is 19.7 Å². The number of fused-ring (bicyclic) bond motifs is 1. The van der Waals surface area contributed by atoms with Crippen molar-refractivity contribution in [3.05, 3.63) is 60.4 Å². The number of ether oxygens (including phenoxy) is 1. The number of rotatable bonds is 6. The molecule has 130 valence electrons. The van der Waals surface area contributed by atoms with Crippen LogP contribution in [-0.4, -0.2) is 31.5 Å². The van der Waals surface area contributed by atoms with Crippen molar-refractivity contribution in [1.82, 2.24) is 4.90 Å². The standard InChI is InChI=1S/C20H22N2O3/c1-14(19-11-15-7-4-5-10-18(15)25-19)22(2)13-20(23)21-16-8-6-9-17(12-16)24-3/h4-12,14H,13H2,1-3H3,(H,21,23)/t14-/m0/s1. The quantitative estimate of drug-likeness (QED) is 0.736. The van der Waals surface area contributed by atoms with Crippen molar-refractivity contribution in [3.63, 3.8) is 0 Å². The number of para-hydroxylation sites is 1. The fourth-order valence-electron chi connectivity index (χ4n) is 2.69. The molecule has 5 heteroatoms. The van der Waals surface area contributed by atoms with E-state index in [2.05, 4.69) is 5.32 Å². The highest BCUT2D eigenvalue weighted by atomic mass is 16.5. The van der Waals surface area contributed by atoms with Gasteiger partial charge in [0, 0.05) is 17.1 Å². The zero-order chi connectivity index (χ0) is 17.8. The summed E-state index contributed by atoms with van der Waals surface area (Å²) in [5.74, 6) is 1.47. The molecule has 0 aliphatic rings. The minimum absolute atomic E-state index is 0.0107. The summed E-state index contributed by atoms with van der Waals surface area (Å²) < 4.78 is 11.1. The van der Waals surface area contributed by atoms with Crippen LogP contribution < -0.4 is 10.1 Å². The zero-order valence-electron chi connectivity index (χ0n) is 14.7. The SMILES string of the molecule is COc1cccc(NC(=O)CN(C)[C@@H](C)c2cc3ccccc3o2)c1. The molecule has 5 nitrogen and oxygen atoms in total. The molecule has 1 aromatic heterocycles. The molecule has 0 radical (unpaired) electrons. The average Bonchev–Trinajstić information content (AvgIpc) is 3.05. The van der Waals surface area contributed by atoms with Crippen LogP contribution in [0.1, 0.15) is 18.7 Å². The number of benzene rings is 2. The van der Waals surface area contributed by atoms with Gasteiger partial charge in [-0.2, -0.15) is 0 Å². The number of likely N-dealkylation sites (N-methyl/N-ethyl adjacent to an activating group) is 1. The number of amides is 1. The van der Waals surface area contributed by atoms with Crippen LogP contribution in [0.5, 0.6) is 5.75 Å². The molecule has 0 aliphatic carbocycles. The molecule has 25 heavy (non-hydrogen) atoms. The number of nitrogens with zero attached hydrogens (tertiary/aromatic N) is 1. The Balaban J connectivity index is 1.63. The smallest absolute Gasteiger partial charge is 0.238 e. The van der Waals surface area contributed by atoms with E-state index in [9.17, 15) is 4.79 Å². The summed E-state index contributed by atoms with van der Waals surface area (Å²) in [5.41, 5.74) is 1.58. The largest absolute Gasteiger partial charge is 0.497 e. The Labute approximate surface area is 147 Å². The van der Waals surface area contributed by atoms with E-state index in [-0.39, 0.29) is 18.5 Å². The minimum atomic E-state index is -0.0845. The first-order chi connectivity index (χ1) is 12.1. The molecule has 1 N–H and O–H groups in total. The fourth-order valence-corrected chi connectivity index (χ4v) is 2.69. The predicted octanol–water partition coefficient (Wildman–Crippen LogP) is 4.07. The van der Waals surface area contributed by atoms with Crippen molar-refractivity contribution >= 4 is 22.6 Å². The summed E-state index contributed by atoms with van der Waals surface area (Å²) >= 11 is 0. The molecule has 0 aliphatic heterocycles. The molecular formula is C20H22N2O3. The monoisotopic (exact) mass is 338 g/mol. The normalized spacial score (nSPS) is 12.3. The van der Waals surface area contributed by atoms with Crippen LogP contribution in [0.15, 0.2) is 59.0 Å². The van der Waals surface area contributed by atoms with Crippen molar-refractivity contribution in [3.8, 4) is 5.75 Å². The first-order valence-corrected chi connectivity index (χ1v) is 8.19. The number of anilines is 1. The zero-order valence-corrected chi connectivity index (χ0v) is 14.7. The van der Waals surface area contributed by atoms with Crippen LogP contribution in [0.25, 0.3) is 11.0 Å². The molecule has 0 bridgehead atoms. The van der Waals surface area contributed by atoms with Crippen molar-refractivity contribution in [2.75, 3.05) is 26.0 Å². The number of hydrogen-bond donors (Lipinski definition) is 1. The lowest BCUT2D eigenvalue weighted by atomic mass is 10.2. The molecule has 0 fully saturated rings. The molecule has 0 unspecified atom stereocenters. The number of carbonyl (C=O) groups is 1. The minimum Gasteiger partial charge on any atom is -0.497 e. The number of carbonyl (C=O) groups excluding carboxylic acids is 1. The van der Waals surface area contributed by atoms with Gasteiger partial charge in [-0.25, -0.2) is 0 Å². The van der Waals surface area contributed by atoms with Crippen molar-refractivity contribution in [1.29, 1.82) is 0 Å². The van der Waals surface area contributed by atoms with E-state index < -0.39 is 0 Å². The molecule has 1 heterocycles. The molecule has 0 saturated carbocycles. The molecule has 2 aromatic carbocycles. The van der Waals surface area contributed by atoms with Crippen LogP contribution in [0.4, 0.5) is 5.69 Å². The van der Waals surface area contributed by atoms with E-state index in [0.29, 0.717) is 11.4 Å². The maximum Gasteiger partial charge on any atom is 0.238 e. The Morgan fingerprint density at radius 1 is 1.20 bits per heavy atom. The van der Waals surface area contributed by atoms with Gasteiger partial charge in [-0.05, 0) is 38.2 Å². The number of nitrogens with one attached hydrogen (secondary N) is 1. The third kappa shape index (κ3) is 4.00. The van der Waals surface area contributed by atoms with E-state index in [4.69, 9.17) is 9.15 Å². The summed E-state index contributed by atoms with van der Waals surface area (Å²) in [4.78, 5) is 14.3. The third-order valence-electron chi connectivity index (χ3n) is 4.26. The second-order valence-corrected chi connectivity index (χ2v) is 6.06. The Kier molecular flexibility index (Phi) is 5.05. The molecule has 0 saturated heterocycles. The van der Waals surface area contributed by atoms with E-state index in [1.807, 2.05) is 67.4 Å². The van der Waals surface area contributed by atoms with Gasteiger partial charge in [0.15, 0.2) is 0 Å². The van der Waals surface area contributed by atoms with Crippen LogP contribution in [-0.2, 0) is 4.79 Å². The highest BCUT2D eigenvalue weighted by Gasteiger charge is 2.18. The Morgan fingerprint density at radius 3 is 2.76 bits per heavy atom. The van der Waals surface area contributed by atoms with Gasteiger partial charge >= 0.3 is 0 Å². The Bertz CT molecular complexity index is 839. The van der Waals surface area contributed by atoms with Gasteiger partial charge in [0.25, 0.3) is 0 Å². The van der Waals surface area contributed by atoms with Crippen LogP contribution in [0.3, 0.4) is 0 Å². The lowest BCUT2D eigenvalue weighted by Crippen LogP contribution is -2.32. The maximum absolute atomic E-state index is 12.3. The van der Waals surface area contributed by atoms with Gasteiger partial charge in [0.2, 0.25) is 5.91 Å². The Morgan fingerprint density at radius 2 is 2.00 bits per heavy atom. The molecule has 1 amide bonds. The van der Waals surface area contributed by atoms with Crippen LogP contribution in [0, 0.1) is 0 Å². The maximum atomic E-state index is 12.3. The van der Waals surface area contributed by atoms with E-state index in [1.165, 1.54) is 0 Å². The molecule has 0 spiro atoms. The first kappa shape index (κ1) is 17.0. The third-order valence-corrected chi connectivity index (χ3v) is 4.26. The molecular weight excluding hydrogens is 316 g/mol. The van der Waals surface area contributed by atoms with Crippen LogP contribution in [0.2, 0.25) is 0 Å². The first-order valence-electron chi connectivity index (χ1n) is 8.19. The summed E-state index contributed by atoms with van der Waals surface area (Å²) in [6.07, 6.45) is 0. The van der Waals surface area contributed by atoms with Gasteiger partial charge in [-0.1, -0.05) is 24.3 Å². The average molecular weight is 338 g/mol. The molecule has 3 rings (SSSR count).